The van der Waals surface area contributed by atoms with Crippen molar-refractivity contribution in [2.45, 2.75) is 12.6 Å². The largest absolute Gasteiger partial charge is 0.486 e. The Kier molecular flexibility index (Phi) is 5.18. The van der Waals surface area contributed by atoms with E-state index in [1.807, 2.05) is 36.2 Å². The number of para-hydroxylation sites is 2. The highest BCUT2D eigenvalue weighted by atomic mass is 16.6. The Bertz CT molecular complexity index is 1110. The van der Waals surface area contributed by atoms with Crippen LogP contribution in [0.2, 0.25) is 0 Å². The number of likely N-dealkylation sites (N-methyl/N-ethyl adjacent to an activating group) is 1. The average molecular weight is 395 g/mol. The number of aromatic amines is 1. The van der Waals surface area contributed by atoms with Gasteiger partial charge in [0.1, 0.15) is 18.5 Å². The number of nitrogens with one attached hydrogen (secondary N) is 1. The summed E-state index contributed by atoms with van der Waals surface area (Å²) in [4.78, 5) is 33.4. The second-order valence-electron chi connectivity index (χ2n) is 6.93. The molecule has 1 aliphatic rings. The van der Waals surface area contributed by atoms with Gasteiger partial charge in [0, 0.05) is 6.54 Å². The first-order valence-electron chi connectivity index (χ1n) is 9.22. The molecule has 2 aromatic carbocycles. The summed E-state index contributed by atoms with van der Waals surface area (Å²) in [5.74, 6) is 1.50. The number of methoxy groups -OCH3 is 1. The second-order valence-corrected chi connectivity index (χ2v) is 6.93. The lowest BCUT2D eigenvalue weighted by Gasteiger charge is -2.29. The molecule has 1 unspecified atom stereocenters. The van der Waals surface area contributed by atoms with Crippen molar-refractivity contribution in [1.29, 1.82) is 0 Å². The highest BCUT2D eigenvalue weighted by molar-refractivity contribution is 5.93. The smallest absolute Gasteiger partial charge is 0.337 e. The van der Waals surface area contributed by atoms with Crippen LogP contribution in [0.25, 0.3) is 10.9 Å². The Morgan fingerprint density at radius 3 is 2.86 bits per heavy atom. The fourth-order valence-electron chi connectivity index (χ4n) is 3.33. The number of H-pyrrole nitrogens is 1. The quantitative estimate of drug-likeness (QED) is 0.660. The summed E-state index contributed by atoms with van der Waals surface area (Å²) in [6.45, 7) is 1.46. The number of nitrogens with zero attached hydrogens (tertiary/aromatic N) is 2. The molecule has 0 spiro atoms. The third-order valence-electron chi connectivity index (χ3n) is 4.68. The first kappa shape index (κ1) is 18.9. The Balaban J connectivity index is 1.48. The van der Waals surface area contributed by atoms with Gasteiger partial charge in [-0.05, 0) is 37.4 Å². The third kappa shape index (κ3) is 4.07. The molecule has 0 fully saturated rings. The third-order valence-corrected chi connectivity index (χ3v) is 4.68. The number of esters is 1. The van der Waals surface area contributed by atoms with Gasteiger partial charge in [-0.15, -0.1) is 0 Å². The lowest BCUT2D eigenvalue weighted by Crippen LogP contribution is -2.39. The van der Waals surface area contributed by atoms with Gasteiger partial charge in [-0.3, -0.25) is 9.69 Å². The predicted molar refractivity (Wildman–Crippen MR) is 106 cm³/mol. The molecule has 29 heavy (non-hydrogen) atoms. The summed E-state index contributed by atoms with van der Waals surface area (Å²) >= 11 is 0. The van der Waals surface area contributed by atoms with E-state index in [1.165, 1.54) is 7.11 Å². The minimum atomic E-state index is -0.470. The molecular formula is C21H21N3O5. The average Bonchev–Trinajstić information content (AvgIpc) is 2.72. The van der Waals surface area contributed by atoms with E-state index >= 15 is 0 Å². The molecule has 150 valence electrons. The fraction of sp³-hybridized carbons (Fsp3) is 0.286. The molecule has 1 aliphatic heterocycles. The SMILES string of the molecule is COC(=O)c1ccc2c(=O)[nH]c(CN(C)CC3COc4ccccc4O3)nc2c1. The molecule has 1 aromatic heterocycles. The topological polar surface area (TPSA) is 93.8 Å². The van der Waals surface area contributed by atoms with Crippen LogP contribution in [-0.4, -0.2) is 54.3 Å². The van der Waals surface area contributed by atoms with E-state index in [0.29, 0.717) is 42.0 Å². The van der Waals surface area contributed by atoms with E-state index in [2.05, 4.69) is 9.97 Å². The monoisotopic (exact) mass is 395 g/mol. The minimum absolute atomic E-state index is 0.131. The zero-order valence-corrected chi connectivity index (χ0v) is 16.2. The van der Waals surface area contributed by atoms with E-state index in [0.717, 1.165) is 11.5 Å². The van der Waals surface area contributed by atoms with Crippen molar-refractivity contribution in [3.8, 4) is 11.5 Å². The molecule has 1 atom stereocenters. The fourth-order valence-corrected chi connectivity index (χ4v) is 3.33. The molecule has 1 N–H and O–H groups in total. The molecule has 8 heteroatoms. The molecule has 0 saturated carbocycles. The van der Waals surface area contributed by atoms with Crippen LogP contribution in [0.3, 0.4) is 0 Å². The molecular weight excluding hydrogens is 374 g/mol. The molecule has 8 nitrogen and oxygen atoms in total. The van der Waals surface area contributed by atoms with Gasteiger partial charge in [-0.25, -0.2) is 9.78 Å². The number of benzene rings is 2. The summed E-state index contributed by atoms with van der Waals surface area (Å²) in [5, 5.41) is 0.421. The van der Waals surface area contributed by atoms with Gasteiger partial charge in [0.15, 0.2) is 11.5 Å². The van der Waals surface area contributed by atoms with Crippen LogP contribution in [0.4, 0.5) is 0 Å². The first-order chi connectivity index (χ1) is 14.0. The van der Waals surface area contributed by atoms with E-state index in [1.54, 1.807) is 18.2 Å². The number of hydrogen-bond acceptors (Lipinski definition) is 7. The zero-order valence-electron chi connectivity index (χ0n) is 16.2. The van der Waals surface area contributed by atoms with Crippen molar-refractivity contribution in [3.05, 3.63) is 64.2 Å². The maximum atomic E-state index is 12.4. The van der Waals surface area contributed by atoms with Crippen LogP contribution in [0.15, 0.2) is 47.3 Å². The van der Waals surface area contributed by atoms with Crippen LogP contribution in [0.1, 0.15) is 16.2 Å². The van der Waals surface area contributed by atoms with Crippen LogP contribution < -0.4 is 15.0 Å². The van der Waals surface area contributed by atoms with Crippen LogP contribution in [0, 0.1) is 0 Å². The number of aromatic nitrogens is 2. The van der Waals surface area contributed by atoms with Crippen molar-refractivity contribution in [3.63, 3.8) is 0 Å². The maximum Gasteiger partial charge on any atom is 0.337 e. The summed E-state index contributed by atoms with van der Waals surface area (Å²) in [7, 11) is 3.23. The van der Waals surface area contributed by atoms with Gasteiger partial charge in [-0.2, -0.15) is 0 Å². The second kappa shape index (κ2) is 7.92. The van der Waals surface area contributed by atoms with Gasteiger partial charge in [0.25, 0.3) is 5.56 Å². The maximum absolute atomic E-state index is 12.4. The van der Waals surface area contributed by atoms with Gasteiger partial charge < -0.3 is 19.2 Å². The Morgan fingerprint density at radius 1 is 1.28 bits per heavy atom. The molecule has 2 heterocycles. The predicted octanol–water partition coefficient (Wildman–Crippen LogP) is 1.98. The highest BCUT2D eigenvalue weighted by Crippen LogP contribution is 2.31. The number of carbonyl (C=O) groups excluding carboxylic acids is 1. The zero-order chi connectivity index (χ0) is 20.4. The molecule has 0 amide bonds. The number of hydrogen-bond donors (Lipinski definition) is 1. The first-order valence-corrected chi connectivity index (χ1v) is 9.22. The Morgan fingerprint density at radius 2 is 2.07 bits per heavy atom. The molecule has 0 saturated heterocycles. The lowest BCUT2D eigenvalue weighted by molar-refractivity contribution is 0.0600. The van der Waals surface area contributed by atoms with Crippen LogP contribution >= 0.6 is 0 Å². The van der Waals surface area contributed by atoms with E-state index < -0.39 is 5.97 Å². The normalized spacial score (nSPS) is 15.5. The molecule has 0 bridgehead atoms. The van der Waals surface area contributed by atoms with Gasteiger partial charge >= 0.3 is 5.97 Å². The van der Waals surface area contributed by atoms with E-state index in [4.69, 9.17) is 14.2 Å². The minimum Gasteiger partial charge on any atom is -0.486 e. The van der Waals surface area contributed by atoms with E-state index in [9.17, 15) is 9.59 Å². The highest BCUT2D eigenvalue weighted by Gasteiger charge is 2.22. The van der Waals surface area contributed by atoms with Crippen molar-refractivity contribution < 1.29 is 19.0 Å². The van der Waals surface area contributed by atoms with Crippen molar-refractivity contribution in [1.82, 2.24) is 14.9 Å². The summed E-state index contributed by atoms with van der Waals surface area (Å²) in [6, 6.07) is 12.3. The Hall–Kier alpha value is -3.39. The summed E-state index contributed by atoms with van der Waals surface area (Å²) < 4.78 is 16.5. The standard InChI is InChI=1S/C21H21N3O5/c1-24(10-14-12-28-17-5-3-4-6-18(17)29-14)11-19-22-16-9-13(21(26)27-2)7-8-15(16)20(25)23-19/h3-9,14H,10-12H2,1-2H3,(H,22,23,25). The number of fused-ring (bicyclic) bond motifs is 2. The van der Waals surface area contributed by atoms with Gasteiger partial charge in [0.2, 0.25) is 0 Å². The van der Waals surface area contributed by atoms with Gasteiger partial charge in [0.05, 0.1) is 30.1 Å². The summed E-state index contributed by atoms with van der Waals surface area (Å²) in [6.07, 6.45) is -0.131. The lowest BCUT2D eigenvalue weighted by atomic mass is 10.1. The molecule has 4 rings (SSSR count). The molecule has 0 aliphatic carbocycles. The molecule has 3 aromatic rings. The summed E-state index contributed by atoms with van der Waals surface area (Å²) in [5.41, 5.74) is 0.552. The van der Waals surface area contributed by atoms with Gasteiger partial charge in [-0.1, -0.05) is 12.1 Å². The van der Waals surface area contributed by atoms with Crippen molar-refractivity contribution in [2.75, 3.05) is 27.3 Å². The van der Waals surface area contributed by atoms with Crippen LogP contribution in [-0.2, 0) is 11.3 Å². The van der Waals surface area contributed by atoms with Crippen molar-refractivity contribution >= 4 is 16.9 Å². The van der Waals surface area contributed by atoms with E-state index in [-0.39, 0.29) is 11.7 Å². The number of rotatable bonds is 5. The number of carbonyl (C=O) groups is 1. The van der Waals surface area contributed by atoms with Crippen LogP contribution in [0.5, 0.6) is 11.5 Å². The van der Waals surface area contributed by atoms with Crippen molar-refractivity contribution in [2.24, 2.45) is 0 Å². The number of ether oxygens (including phenoxy) is 3. The Labute approximate surface area is 167 Å². The molecule has 0 radical (unpaired) electrons.